The number of amides is 2. The second-order valence-corrected chi connectivity index (χ2v) is 8.31. The van der Waals surface area contributed by atoms with Crippen molar-refractivity contribution in [1.29, 1.82) is 0 Å². The van der Waals surface area contributed by atoms with Gasteiger partial charge in [-0.15, -0.1) is 0 Å². The van der Waals surface area contributed by atoms with Gasteiger partial charge in [-0.3, -0.25) is 14.5 Å². The van der Waals surface area contributed by atoms with E-state index >= 15 is 0 Å². The molecule has 0 aliphatic carbocycles. The second kappa shape index (κ2) is 11.5. The molecule has 6 nitrogen and oxygen atoms in total. The van der Waals surface area contributed by atoms with Crippen molar-refractivity contribution in [3.63, 3.8) is 0 Å². The molecule has 1 aliphatic heterocycles. The molecule has 0 spiro atoms. The summed E-state index contributed by atoms with van der Waals surface area (Å²) < 4.78 is 0. The Kier molecular flexibility index (Phi) is 8.47. The molecule has 0 radical (unpaired) electrons. The van der Waals surface area contributed by atoms with Gasteiger partial charge in [0.25, 0.3) is 0 Å². The summed E-state index contributed by atoms with van der Waals surface area (Å²) in [6.07, 6.45) is 1.96. The van der Waals surface area contributed by atoms with Crippen LogP contribution in [0.25, 0.3) is 0 Å². The van der Waals surface area contributed by atoms with E-state index in [0.29, 0.717) is 19.0 Å². The van der Waals surface area contributed by atoms with Gasteiger partial charge in [-0.25, -0.2) is 0 Å². The second-order valence-electron chi connectivity index (χ2n) is 8.31. The fourth-order valence-corrected chi connectivity index (χ4v) is 4.03. The summed E-state index contributed by atoms with van der Waals surface area (Å²) in [4.78, 5) is 29.3. The Morgan fingerprint density at radius 2 is 1.74 bits per heavy atom. The van der Waals surface area contributed by atoms with Gasteiger partial charge in [0, 0.05) is 31.0 Å². The average molecular weight is 423 g/mol. The molecule has 2 N–H and O–H groups in total. The van der Waals surface area contributed by atoms with Gasteiger partial charge in [0.05, 0.1) is 13.1 Å². The molecule has 2 aromatic rings. The summed E-state index contributed by atoms with van der Waals surface area (Å²) >= 11 is 0. The largest absolute Gasteiger partial charge is 0.371 e. The van der Waals surface area contributed by atoms with Crippen molar-refractivity contribution in [1.82, 2.24) is 10.2 Å². The lowest BCUT2D eigenvalue weighted by Crippen LogP contribution is -2.42. The number of hydrogen-bond acceptors (Lipinski definition) is 4. The minimum Gasteiger partial charge on any atom is -0.371 e. The van der Waals surface area contributed by atoms with Gasteiger partial charge >= 0.3 is 0 Å². The molecule has 0 saturated carbocycles. The van der Waals surface area contributed by atoms with Crippen molar-refractivity contribution in [2.45, 2.75) is 26.7 Å². The first kappa shape index (κ1) is 22.8. The number of para-hydroxylation sites is 2. The van der Waals surface area contributed by atoms with E-state index in [0.717, 1.165) is 37.2 Å². The van der Waals surface area contributed by atoms with Crippen LogP contribution in [-0.4, -0.2) is 56.0 Å². The molecule has 0 aromatic heterocycles. The Morgan fingerprint density at radius 1 is 1.03 bits per heavy atom. The molecule has 3 rings (SSSR count). The quantitative estimate of drug-likeness (QED) is 0.617. The van der Waals surface area contributed by atoms with E-state index in [-0.39, 0.29) is 24.9 Å². The van der Waals surface area contributed by atoms with Crippen LogP contribution in [-0.2, 0) is 9.59 Å². The minimum absolute atomic E-state index is 0.0182. The first-order valence-electron chi connectivity index (χ1n) is 11.2. The van der Waals surface area contributed by atoms with Gasteiger partial charge in [0.1, 0.15) is 0 Å². The molecule has 2 amide bonds. The van der Waals surface area contributed by atoms with E-state index in [2.05, 4.69) is 46.7 Å². The van der Waals surface area contributed by atoms with Gasteiger partial charge in [-0.05, 0) is 56.0 Å². The number of carbonyl (C=O) groups excluding carboxylic acids is 2. The highest BCUT2D eigenvalue weighted by molar-refractivity contribution is 5.93. The number of nitrogens with one attached hydrogen (secondary N) is 2. The number of benzene rings is 2. The fourth-order valence-electron chi connectivity index (χ4n) is 4.03. The zero-order chi connectivity index (χ0) is 22.1. The van der Waals surface area contributed by atoms with Crippen molar-refractivity contribution in [2.24, 2.45) is 5.92 Å². The average Bonchev–Trinajstić information content (AvgIpc) is 3.24. The lowest BCUT2D eigenvalue weighted by molar-refractivity contribution is -0.123. The van der Waals surface area contributed by atoms with Crippen LogP contribution >= 0.6 is 0 Å². The van der Waals surface area contributed by atoms with Crippen molar-refractivity contribution < 1.29 is 9.59 Å². The SMILES string of the molecule is CCCN(CC(=O)NCC1CCN(c2ccccc2)C1)CC(=O)Nc1ccccc1C. The lowest BCUT2D eigenvalue weighted by Gasteiger charge is -2.22. The Balaban J connectivity index is 1.43. The standard InChI is InChI=1S/C25H34N4O2/c1-3-14-28(19-25(31)27-23-12-8-7-9-20(23)2)18-24(30)26-16-21-13-15-29(17-21)22-10-5-4-6-11-22/h4-12,21H,3,13-19H2,1-2H3,(H,26,30)(H,27,31). The number of nitrogens with zero attached hydrogens (tertiary/aromatic N) is 2. The molecule has 1 atom stereocenters. The lowest BCUT2D eigenvalue weighted by atomic mass is 10.1. The summed E-state index contributed by atoms with van der Waals surface area (Å²) in [5.74, 6) is 0.341. The molecule has 1 saturated heterocycles. The molecule has 6 heteroatoms. The Labute approximate surface area is 185 Å². The van der Waals surface area contributed by atoms with E-state index in [1.807, 2.05) is 42.2 Å². The Hall–Kier alpha value is -2.86. The molecule has 31 heavy (non-hydrogen) atoms. The third-order valence-corrected chi connectivity index (χ3v) is 5.69. The van der Waals surface area contributed by atoms with E-state index in [1.165, 1.54) is 5.69 Å². The van der Waals surface area contributed by atoms with E-state index < -0.39 is 0 Å². The smallest absolute Gasteiger partial charge is 0.238 e. The molecule has 1 aliphatic rings. The first-order chi connectivity index (χ1) is 15.0. The van der Waals surface area contributed by atoms with Crippen LogP contribution in [0.2, 0.25) is 0 Å². The molecule has 0 bridgehead atoms. The molecular formula is C25H34N4O2. The van der Waals surface area contributed by atoms with Crippen LogP contribution in [0.5, 0.6) is 0 Å². The Morgan fingerprint density at radius 3 is 2.48 bits per heavy atom. The minimum atomic E-state index is -0.0927. The summed E-state index contributed by atoms with van der Waals surface area (Å²) in [5.41, 5.74) is 3.08. The fraction of sp³-hybridized carbons (Fsp3) is 0.440. The molecular weight excluding hydrogens is 388 g/mol. The number of rotatable bonds is 10. The number of carbonyl (C=O) groups is 2. The summed E-state index contributed by atoms with van der Waals surface area (Å²) in [6, 6.07) is 18.1. The van der Waals surface area contributed by atoms with Crippen molar-refractivity contribution in [3.8, 4) is 0 Å². The van der Waals surface area contributed by atoms with Crippen LogP contribution in [0.15, 0.2) is 54.6 Å². The van der Waals surface area contributed by atoms with Gasteiger partial charge < -0.3 is 15.5 Å². The van der Waals surface area contributed by atoms with Crippen LogP contribution in [0.1, 0.15) is 25.3 Å². The predicted octanol–water partition coefficient (Wildman–Crippen LogP) is 3.29. The highest BCUT2D eigenvalue weighted by atomic mass is 16.2. The molecule has 1 unspecified atom stereocenters. The highest BCUT2D eigenvalue weighted by Gasteiger charge is 2.23. The normalized spacial score (nSPS) is 15.8. The highest BCUT2D eigenvalue weighted by Crippen LogP contribution is 2.22. The zero-order valence-corrected chi connectivity index (χ0v) is 18.6. The summed E-state index contributed by atoms with van der Waals surface area (Å²) in [6.45, 7) is 7.84. The van der Waals surface area contributed by atoms with Crippen LogP contribution in [0.4, 0.5) is 11.4 Å². The maximum absolute atomic E-state index is 12.5. The summed E-state index contributed by atoms with van der Waals surface area (Å²) in [7, 11) is 0. The molecule has 1 heterocycles. The zero-order valence-electron chi connectivity index (χ0n) is 18.6. The molecule has 166 valence electrons. The number of hydrogen-bond donors (Lipinski definition) is 2. The monoisotopic (exact) mass is 422 g/mol. The van der Waals surface area contributed by atoms with Crippen molar-refractivity contribution >= 4 is 23.2 Å². The van der Waals surface area contributed by atoms with E-state index in [9.17, 15) is 9.59 Å². The molecule has 2 aromatic carbocycles. The van der Waals surface area contributed by atoms with Gasteiger partial charge in [0.15, 0.2) is 0 Å². The third kappa shape index (κ3) is 7.10. The van der Waals surface area contributed by atoms with Gasteiger partial charge in [0.2, 0.25) is 11.8 Å². The maximum Gasteiger partial charge on any atom is 0.238 e. The van der Waals surface area contributed by atoms with Crippen molar-refractivity contribution in [2.75, 3.05) is 49.5 Å². The number of anilines is 2. The predicted molar refractivity (Wildman–Crippen MR) is 126 cm³/mol. The summed E-state index contributed by atoms with van der Waals surface area (Å²) in [5, 5.41) is 6.03. The van der Waals surface area contributed by atoms with Crippen LogP contribution in [0, 0.1) is 12.8 Å². The molecule has 1 fully saturated rings. The Bertz CT molecular complexity index is 856. The van der Waals surface area contributed by atoms with E-state index in [4.69, 9.17) is 0 Å². The van der Waals surface area contributed by atoms with Gasteiger partial charge in [-0.1, -0.05) is 43.3 Å². The van der Waals surface area contributed by atoms with Crippen LogP contribution < -0.4 is 15.5 Å². The topological polar surface area (TPSA) is 64.7 Å². The first-order valence-corrected chi connectivity index (χ1v) is 11.2. The van der Waals surface area contributed by atoms with Crippen molar-refractivity contribution in [3.05, 3.63) is 60.2 Å². The number of aryl methyl sites for hydroxylation is 1. The van der Waals surface area contributed by atoms with E-state index in [1.54, 1.807) is 0 Å². The third-order valence-electron chi connectivity index (χ3n) is 5.69. The van der Waals surface area contributed by atoms with Gasteiger partial charge in [-0.2, -0.15) is 0 Å². The maximum atomic E-state index is 12.5. The van der Waals surface area contributed by atoms with Crippen LogP contribution in [0.3, 0.4) is 0 Å².